The van der Waals surface area contributed by atoms with Gasteiger partial charge in [-0.3, -0.25) is 0 Å². The molecule has 4 heterocycles. The van der Waals surface area contributed by atoms with Crippen molar-refractivity contribution in [1.29, 1.82) is 0 Å². The number of fused-ring (bicyclic) bond motifs is 9. The molecule has 5 nitrogen and oxygen atoms in total. The van der Waals surface area contributed by atoms with Crippen molar-refractivity contribution in [3.05, 3.63) is 174 Å². The van der Waals surface area contributed by atoms with Gasteiger partial charge in [-0.05, 0) is 66.2 Å². The number of aromatic nitrogens is 1. The summed E-state index contributed by atoms with van der Waals surface area (Å²) in [5, 5.41) is 10.8. The van der Waals surface area contributed by atoms with Gasteiger partial charge in [-0.15, -0.1) is 11.3 Å². The zero-order valence-electron chi connectivity index (χ0n) is 27.2. The number of amidine groups is 2. The number of thiophene rings is 1. The lowest BCUT2D eigenvalue weighted by atomic mass is 10.1. The summed E-state index contributed by atoms with van der Waals surface area (Å²) in [7, 11) is 0. The zero-order chi connectivity index (χ0) is 33.5. The number of nitrogens with zero attached hydrogens (tertiary/aromatic N) is 3. The van der Waals surface area contributed by atoms with Crippen molar-refractivity contribution in [2.24, 2.45) is 9.98 Å². The quantitative estimate of drug-likeness (QED) is 0.202. The molecule has 1 unspecified atom stereocenters. The Morgan fingerprint density at radius 1 is 0.569 bits per heavy atom. The molecule has 0 saturated heterocycles. The molecule has 0 bridgehead atoms. The van der Waals surface area contributed by atoms with E-state index >= 15 is 0 Å². The molecule has 6 heteroatoms. The van der Waals surface area contributed by atoms with Crippen LogP contribution in [-0.2, 0) is 0 Å². The van der Waals surface area contributed by atoms with E-state index in [4.69, 9.17) is 14.4 Å². The number of rotatable bonds is 4. The summed E-state index contributed by atoms with van der Waals surface area (Å²) in [5.41, 5.74) is 8.32. The van der Waals surface area contributed by atoms with Gasteiger partial charge in [-0.25, -0.2) is 9.98 Å². The van der Waals surface area contributed by atoms with Crippen LogP contribution in [0.4, 0.5) is 0 Å². The highest BCUT2D eigenvalue weighted by atomic mass is 32.1. The fourth-order valence-corrected chi connectivity index (χ4v) is 8.91. The minimum Gasteiger partial charge on any atom is -0.456 e. The second-order valence-corrected chi connectivity index (χ2v) is 14.1. The van der Waals surface area contributed by atoms with Crippen molar-refractivity contribution in [3.63, 3.8) is 0 Å². The van der Waals surface area contributed by atoms with Gasteiger partial charge in [0.15, 0.2) is 5.84 Å². The van der Waals surface area contributed by atoms with Gasteiger partial charge in [0, 0.05) is 58.5 Å². The molecular weight excluding hydrogens is 645 g/mol. The molecule has 1 aliphatic heterocycles. The molecule has 11 rings (SSSR count). The molecule has 10 aromatic rings. The first-order valence-corrected chi connectivity index (χ1v) is 17.9. The minimum atomic E-state index is -0.285. The highest BCUT2D eigenvalue weighted by Gasteiger charge is 2.24. The molecule has 0 fully saturated rings. The lowest BCUT2D eigenvalue weighted by molar-refractivity contribution is 0.669. The topological polar surface area (TPSA) is 54.8 Å². The van der Waals surface area contributed by atoms with Gasteiger partial charge in [0.05, 0.1) is 11.0 Å². The highest BCUT2D eigenvalue weighted by Crippen LogP contribution is 2.38. The van der Waals surface area contributed by atoms with Crippen molar-refractivity contribution in [2.45, 2.75) is 6.17 Å². The second-order valence-electron chi connectivity index (χ2n) is 13.0. The predicted molar refractivity (Wildman–Crippen MR) is 213 cm³/mol. The van der Waals surface area contributed by atoms with Crippen molar-refractivity contribution in [1.82, 2.24) is 9.88 Å². The standard InChI is InChI=1S/C45H28N4OS/c1-2-11-27(12-3-1)43-46-44(48-45(47-43)34-17-10-16-33-32-15-6-9-20-41(32)51-42(33)34)28-21-23-38-35(25-28)30-13-4-7-18-37(30)49(38)29-22-24-40-36(26-29)31-14-5-8-19-39(31)50-40/h1-26,43H,(H,46,47,48). The summed E-state index contributed by atoms with van der Waals surface area (Å²) in [6.07, 6.45) is -0.285. The Kier molecular flexibility index (Phi) is 6.12. The van der Waals surface area contributed by atoms with E-state index in [0.29, 0.717) is 0 Å². The van der Waals surface area contributed by atoms with Crippen LogP contribution in [0, 0.1) is 0 Å². The first-order chi connectivity index (χ1) is 25.3. The highest BCUT2D eigenvalue weighted by molar-refractivity contribution is 7.26. The molecule has 1 atom stereocenters. The van der Waals surface area contributed by atoms with Crippen molar-refractivity contribution in [2.75, 3.05) is 0 Å². The van der Waals surface area contributed by atoms with Gasteiger partial charge in [0.1, 0.15) is 23.2 Å². The summed E-state index contributed by atoms with van der Waals surface area (Å²) in [6.45, 7) is 0. The maximum atomic E-state index is 6.16. The molecule has 3 aromatic heterocycles. The smallest absolute Gasteiger partial charge is 0.160 e. The number of aliphatic imine (C=N–C) groups is 2. The molecule has 240 valence electrons. The Morgan fingerprint density at radius 3 is 2.24 bits per heavy atom. The van der Waals surface area contributed by atoms with Crippen LogP contribution >= 0.6 is 11.3 Å². The molecule has 51 heavy (non-hydrogen) atoms. The SMILES string of the molecule is c1ccc(C2N=C(c3cccc4c3sc3ccccc34)N=C(c3ccc4c(c3)c3ccccc3n4-c3ccc4oc5ccccc5c4c3)N2)cc1. The Labute approximate surface area is 296 Å². The van der Waals surface area contributed by atoms with Crippen molar-refractivity contribution in [3.8, 4) is 5.69 Å². The first-order valence-electron chi connectivity index (χ1n) is 17.1. The van der Waals surface area contributed by atoms with Crippen LogP contribution in [0.3, 0.4) is 0 Å². The number of nitrogens with one attached hydrogen (secondary N) is 1. The average molecular weight is 673 g/mol. The van der Waals surface area contributed by atoms with E-state index in [1.54, 1.807) is 11.3 Å². The molecule has 0 spiro atoms. The van der Waals surface area contributed by atoms with E-state index < -0.39 is 0 Å². The lowest BCUT2D eigenvalue weighted by Crippen LogP contribution is -2.33. The van der Waals surface area contributed by atoms with Gasteiger partial charge in [-0.1, -0.05) is 97.1 Å². The van der Waals surface area contributed by atoms with Crippen LogP contribution in [0.5, 0.6) is 0 Å². The monoisotopic (exact) mass is 672 g/mol. The lowest BCUT2D eigenvalue weighted by Gasteiger charge is -2.24. The third kappa shape index (κ3) is 4.40. The van der Waals surface area contributed by atoms with Crippen molar-refractivity contribution < 1.29 is 4.42 Å². The molecule has 0 saturated carbocycles. The summed E-state index contributed by atoms with van der Waals surface area (Å²) < 4.78 is 11.0. The normalized spacial score (nSPS) is 14.9. The number of furan rings is 1. The Balaban J connectivity index is 1.09. The Hall–Kier alpha value is -6.50. The minimum absolute atomic E-state index is 0.285. The van der Waals surface area contributed by atoms with Crippen LogP contribution in [-0.4, -0.2) is 16.2 Å². The fraction of sp³-hybridized carbons (Fsp3) is 0.0222. The van der Waals surface area contributed by atoms with Crippen LogP contribution in [0.15, 0.2) is 172 Å². The number of hydrogen-bond acceptors (Lipinski definition) is 5. The summed E-state index contributed by atoms with van der Waals surface area (Å²) in [6, 6.07) is 55.5. The second kappa shape index (κ2) is 11.0. The van der Waals surface area contributed by atoms with Crippen LogP contribution in [0.2, 0.25) is 0 Å². The summed E-state index contributed by atoms with van der Waals surface area (Å²) in [4.78, 5) is 10.5. The van der Waals surface area contributed by atoms with Crippen LogP contribution < -0.4 is 5.32 Å². The largest absolute Gasteiger partial charge is 0.456 e. The van der Waals surface area contributed by atoms with Gasteiger partial charge in [0.2, 0.25) is 0 Å². The Bertz CT molecular complexity index is 3070. The number of para-hydroxylation sites is 2. The maximum Gasteiger partial charge on any atom is 0.160 e. The summed E-state index contributed by atoms with van der Waals surface area (Å²) in [5.74, 6) is 1.54. The maximum absolute atomic E-state index is 6.16. The third-order valence-electron chi connectivity index (χ3n) is 10.1. The number of hydrogen-bond donors (Lipinski definition) is 1. The van der Waals surface area contributed by atoms with E-state index in [9.17, 15) is 0 Å². The molecule has 7 aromatic carbocycles. The predicted octanol–water partition coefficient (Wildman–Crippen LogP) is 11.5. The molecular formula is C45H28N4OS. The third-order valence-corrected chi connectivity index (χ3v) is 11.3. The molecule has 1 N–H and O–H groups in total. The van der Waals surface area contributed by atoms with E-state index in [1.807, 2.05) is 18.2 Å². The number of benzene rings is 7. The summed E-state index contributed by atoms with van der Waals surface area (Å²) >= 11 is 1.80. The van der Waals surface area contributed by atoms with Crippen LogP contribution in [0.1, 0.15) is 22.9 Å². The zero-order valence-corrected chi connectivity index (χ0v) is 28.1. The van der Waals surface area contributed by atoms with Crippen molar-refractivity contribution >= 4 is 86.9 Å². The first kappa shape index (κ1) is 28.3. The van der Waals surface area contributed by atoms with E-state index in [2.05, 4.69) is 149 Å². The molecule has 1 aliphatic rings. The van der Waals surface area contributed by atoms with Gasteiger partial charge >= 0.3 is 0 Å². The molecule has 0 radical (unpaired) electrons. The van der Waals surface area contributed by atoms with Gasteiger partial charge in [-0.2, -0.15) is 0 Å². The van der Waals surface area contributed by atoms with E-state index in [-0.39, 0.29) is 6.17 Å². The Morgan fingerprint density at radius 2 is 1.31 bits per heavy atom. The van der Waals surface area contributed by atoms with Gasteiger partial charge < -0.3 is 14.3 Å². The van der Waals surface area contributed by atoms with Gasteiger partial charge in [0.25, 0.3) is 0 Å². The fourth-order valence-electron chi connectivity index (χ4n) is 7.70. The van der Waals surface area contributed by atoms with Crippen LogP contribution in [0.25, 0.3) is 69.6 Å². The van der Waals surface area contributed by atoms with E-state index in [0.717, 1.165) is 72.4 Å². The molecule has 0 amide bonds. The van der Waals surface area contributed by atoms with E-state index in [1.165, 1.54) is 25.6 Å². The molecule has 0 aliphatic carbocycles. The average Bonchev–Trinajstić information content (AvgIpc) is 3.87.